The number of aryl methyl sites for hydroxylation is 1. The van der Waals surface area contributed by atoms with Crippen LogP contribution in [0.3, 0.4) is 0 Å². The van der Waals surface area contributed by atoms with Gasteiger partial charge in [0, 0.05) is 30.2 Å². The van der Waals surface area contributed by atoms with Gasteiger partial charge in [0.05, 0.1) is 5.56 Å². The van der Waals surface area contributed by atoms with Gasteiger partial charge in [0.2, 0.25) is 5.78 Å². The van der Waals surface area contributed by atoms with Crippen molar-refractivity contribution in [1.29, 1.82) is 0 Å². The summed E-state index contributed by atoms with van der Waals surface area (Å²) < 4.78 is 1.64. The van der Waals surface area contributed by atoms with E-state index in [4.69, 9.17) is 17.3 Å². The van der Waals surface area contributed by atoms with E-state index in [-0.39, 0.29) is 5.78 Å². The van der Waals surface area contributed by atoms with Crippen molar-refractivity contribution in [2.45, 2.75) is 0 Å². The van der Waals surface area contributed by atoms with Crippen LogP contribution in [0.15, 0.2) is 30.6 Å². The first-order valence-electron chi connectivity index (χ1n) is 4.66. The summed E-state index contributed by atoms with van der Waals surface area (Å²) in [4.78, 5) is 16.1. The van der Waals surface area contributed by atoms with Crippen molar-refractivity contribution < 1.29 is 4.79 Å². The minimum atomic E-state index is -0.229. The number of ketones is 1. The average Bonchev–Trinajstić information content (AvgIpc) is 2.67. The molecule has 0 amide bonds. The summed E-state index contributed by atoms with van der Waals surface area (Å²) in [5.41, 5.74) is 6.51. The Kier molecular flexibility index (Phi) is 2.66. The molecule has 0 aliphatic rings. The Hall–Kier alpha value is -1.81. The molecule has 0 bridgehead atoms. The second-order valence-corrected chi connectivity index (χ2v) is 3.86. The molecule has 2 rings (SSSR count). The summed E-state index contributed by atoms with van der Waals surface area (Å²) in [5.74, 6) is 0.112. The number of nitrogens with two attached hydrogens (primary N) is 1. The highest BCUT2D eigenvalue weighted by Crippen LogP contribution is 2.20. The third-order valence-electron chi connectivity index (χ3n) is 2.28. The van der Waals surface area contributed by atoms with Crippen LogP contribution in [0, 0.1) is 0 Å². The summed E-state index contributed by atoms with van der Waals surface area (Å²) in [6.07, 6.45) is 3.27. The smallest absolute Gasteiger partial charge is 0.230 e. The topological polar surface area (TPSA) is 60.9 Å². The number of halogens is 1. The van der Waals surface area contributed by atoms with E-state index in [1.54, 1.807) is 42.2 Å². The van der Waals surface area contributed by atoms with Crippen molar-refractivity contribution in [2.24, 2.45) is 7.05 Å². The highest BCUT2D eigenvalue weighted by Gasteiger charge is 2.16. The Balaban J connectivity index is 2.49. The van der Waals surface area contributed by atoms with E-state index in [1.165, 1.54) is 0 Å². The molecule has 2 N–H and O–H groups in total. The van der Waals surface area contributed by atoms with Crippen molar-refractivity contribution in [2.75, 3.05) is 5.73 Å². The van der Waals surface area contributed by atoms with Crippen LogP contribution in [0.25, 0.3) is 0 Å². The average molecular weight is 236 g/mol. The number of rotatable bonds is 2. The predicted molar refractivity (Wildman–Crippen MR) is 62.5 cm³/mol. The molecule has 0 spiro atoms. The van der Waals surface area contributed by atoms with Gasteiger partial charge < -0.3 is 10.3 Å². The molecule has 0 saturated heterocycles. The van der Waals surface area contributed by atoms with E-state index in [0.29, 0.717) is 22.1 Å². The van der Waals surface area contributed by atoms with Gasteiger partial charge in [0.1, 0.15) is 0 Å². The highest BCUT2D eigenvalue weighted by atomic mass is 35.5. The van der Waals surface area contributed by atoms with E-state index in [0.717, 1.165) is 0 Å². The molecule has 16 heavy (non-hydrogen) atoms. The first kappa shape index (κ1) is 10.7. The number of imidazole rings is 1. The van der Waals surface area contributed by atoms with Gasteiger partial charge in [-0.05, 0) is 18.2 Å². The van der Waals surface area contributed by atoms with E-state index >= 15 is 0 Å². The van der Waals surface area contributed by atoms with E-state index in [9.17, 15) is 4.79 Å². The van der Waals surface area contributed by atoms with Crippen LogP contribution in [0.5, 0.6) is 0 Å². The lowest BCUT2D eigenvalue weighted by Gasteiger charge is -2.05. The number of carbonyl (C=O) groups is 1. The summed E-state index contributed by atoms with van der Waals surface area (Å²) in [5, 5.41) is 0.478. The van der Waals surface area contributed by atoms with Gasteiger partial charge in [-0.25, -0.2) is 4.98 Å². The minimum Gasteiger partial charge on any atom is -0.398 e. The number of hydrogen-bond acceptors (Lipinski definition) is 3. The largest absolute Gasteiger partial charge is 0.398 e. The fourth-order valence-electron chi connectivity index (χ4n) is 1.43. The van der Waals surface area contributed by atoms with Crippen LogP contribution >= 0.6 is 11.6 Å². The van der Waals surface area contributed by atoms with Gasteiger partial charge in [-0.2, -0.15) is 0 Å². The Bertz CT molecular complexity index is 548. The Labute approximate surface area is 97.7 Å². The maximum absolute atomic E-state index is 12.1. The third kappa shape index (κ3) is 1.79. The second-order valence-electron chi connectivity index (χ2n) is 3.42. The first-order valence-corrected chi connectivity index (χ1v) is 5.04. The number of anilines is 1. The van der Waals surface area contributed by atoms with E-state index < -0.39 is 0 Å². The van der Waals surface area contributed by atoms with Crippen LogP contribution in [-0.4, -0.2) is 15.3 Å². The molecule has 1 heterocycles. The lowest BCUT2D eigenvalue weighted by molar-refractivity contribution is 0.102. The fraction of sp³-hybridized carbons (Fsp3) is 0.0909. The van der Waals surface area contributed by atoms with Gasteiger partial charge in [0.25, 0.3) is 0 Å². The summed E-state index contributed by atoms with van der Waals surface area (Å²) >= 11 is 5.83. The Morgan fingerprint density at radius 3 is 2.88 bits per heavy atom. The highest BCUT2D eigenvalue weighted by molar-refractivity contribution is 6.31. The molecule has 4 nitrogen and oxygen atoms in total. The SMILES string of the molecule is Cn1ccnc1C(=O)c1cc(Cl)ccc1N. The van der Waals surface area contributed by atoms with Gasteiger partial charge >= 0.3 is 0 Å². The van der Waals surface area contributed by atoms with Crippen molar-refractivity contribution in [1.82, 2.24) is 9.55 Å². The molecule has 2 aromatic rings. The molecule has 1 aromatic carbocycles. The minimum absolute atomic E-state index is 0.229. The van der Waals surface area contributed by atoms with Crippen molar-refractivity contribution in [3.8, 4) is 0 Å². The molecule has 1 aromatic heterocycles. The van der Waals surface area contributed by atoms with Gasteiger partial charge in [0.15, 0.2) is 5.82 Å². The Morgan fingerprint density at radius 1 is 1.50 bits per heavy atom. The summed E-state index contributed by atoms with van der Waals surface area (Å²) in [7, 11) is 1.75. The third-order valence-corrected chi connectivity index (χ3v) is 2.52. The second kappa shape index (κ2) is 3.98. The van der Waals surface area contributed by atoms with E-state index in [1.807, 2.05) is 0 Å². The van der Waals surface area contributed by atoms with Crippen LogP contribution in [-0.2, 0) is 7.05 Å². The fourth-order valence-corrected chi connectivity index (χ4v) is 1.60. The van der Waals surface area contributed by atoms with Crippen LogP contribution in [0.1, 0.15) is 16.2 Å². The van der Waals surface area contributed by atoms with Crippen LogP contribution < -0.4 is 5.73 Å². The van der Waals surface area contributed by atoms with Gasteiger partial charge in [-0.15, -0.1) is 0 Å². The number of nitrogens with zero attached hydrogens (tertiary/aromatic N) is 2. The van der Waals surface area contributed by atoms with Gasteiger partial charge in [-0.3, -0.25) is 4.79 Å². The number of hydrogen-bond donors (Lipinski definition) is 1. The van der Waals surface area contributed by atoms with Crippen molar-refractivity contribution >= 4 is 23.1 Å². The van der Waals surface area contributed by atoms with Crippen molar-refractivity contribution in [3.05, 3.63) is 47.0 Å². The van der Waals surface area contributed by atoms with Crippen molar-refractivity contribution in [3.63, 3.8) is 0 Å². The summed E-state index contributed by atoms with van der Waals surface area (Å²) in [6.45, 7) is 0. The lowest BCUT2D eigenvalue weighted by Crippen LogP contribution is -2.10. The molecule has 0 aliphatic heterocycles. The zero-order valence-electron chi connectivity index (χ0n) is 8.64. The molecule has 0 radical (unpaired) electrons. The number of benzene rings is 1. The molecule has 0 fully saturated rings. The zero-order valence-corrected chi connectivity index (χ0v) is 9.40. The van der Waals surface area contributed by atoms with Gasteiger partial charge in [-0.1, -0.05) is 11.6 Å². The maximum atomic E-state index is 12.1. The molecule has 5 heteroatoms. The maximum Gasteiger partial charge on any atom is 0.230 e. The molecule has 82 valence electrons. The number of carbonyl (C=O) groups excluding carboxylic acids is 1. The molecule has 0 saturated carbocycles. The first-order chi connectivity index (χ1) is 7.59. The predicted octanol–water partition coefficient (Wildman–Crippen LogP) is 1.89. The summed E-state index contributed by atoms with van der Waals surface area (Å²) in [6, 6.07) is 4.80. The van der Waals surface area contributed by atoms with E-state index in [2.05, 4.69) is 4.98 Å². The van der Waals surface area contributed by atoms with Crippen LogP contribution in [0.4, 0.5) is 5.69 Å². The monoisotopic (exact) mass is 235 g/mol. The molecule has 0 unspecified atom stereocenters. The standard InChI is InChI=1S/C11H10ClN3O/c1-15-5-4-14-11(15)10(16)8-6-7(12)2-3-9(8)13/h2-6H,13H2,1H3. The molecular weight excluding hydrogens is 226 g/mol. The zero-order chi connectivity index (χ0) is 11.7. The molecular formula is C11H10ClN3O. The Morgan fingerprint density at radius 2 is 2.25 bits per heavy atom. The molecule has 0 atom stereocenters. The normalized spacial score (nSPS) is 10.4. The molecule has 0 aliphatic carbocycles. The quantitative estimate of drug-likeness (QED) is 0.639. The lowest BCUT2D eigenvalue weighted by atomic mass is 10.1. The van der Waals surface area contributed by atoms with Crippen LogP contribution in [0.2, 0.25) is 5.02 Å². The number of aromatic nitrogens is 2. The number of nitrogen functional groups attached to an aromatic ring is 1.